The van der Waals surface area contributed by atoms with E-state index in [2.05, 4.69) is 23.9 Å². The van der Waals surface area contributed by atoms with Crippen LogP contribution in [0.2, 0.25) is 10.0 Å². The van der Waals surface area contributed by atoms with E-state index in [0.717, 1.165) is 11.5 Å². The van der Waals surface area contributed by atoms with Crippen LogP contribution in [0.15, 0.2) is 50.4 Å². The van der Waals surface area contributed by atoms with Crippen LogP contribution in [0.1, 0.15) is 26.0 Å². The molecule has 1 amide bonds. The molecule has 0 aliphatic carbocycles. The van der Waals surface area contributed by atoms with Gasteiger partial charge >= 0.3 is 0 Å². The van der Waals surface area contributed by atoms with E-state index in [9.17, 15) is 4.79 Å². The Bertz CT molecular complexity index is 1120. The summed E-state index contributed by atoms with van der Waals surface area (Å²) in [5.41, 5.74) is 0.759. The lowest BCUT2D eigenvalue weighted by Gasteiger charge is -2.19. The molecule has 0 unspecified atom stereocenters. The molecule has 0 saturated heterocycles. The summed E-state index contributed by atoms with van der Waals surface area (Å²) in [6, 6.07) is 8.52. The highest BCUT2D eigenvalue weighted by Crippen LogP contribution is 2.34. The number of aliphatic imine (C=N–C) groups is 1. The van der Waals surface area contributed by atoms with Gasteiger partial charge in [0.15, 0.2) is 5.84 Å². The topological polar surface area (TPSA) is 82.0 Å². The molecule has 6 nitrogen and oxygen atoms in total. The van der Waals surface area contributed by atoms with Crippen molar-refractivity contribution in [2.45, 2.75) is 20.3 Å². The zero-order valence-electron chi connectivity index (χ0n) is 15.6. The van der Waals surface area contributed by atoms with E-state index in [-0.39, 0.29) is 11.4 Å². The van der Waals surface area contributed by atoms with Gasteiger partial charge in [-0.1, -0.05) is 37.0 Å². The Morgan fingerprint density at radius 1 is 1.28 bits per heavy atom. The van der Waals surface area contributed by atoms with E-state index >= 15 is 0 Å². The van der Waals surface area contributed by atoms with Gasteiger partial charge in [-0.2, -0.15) is 15.1 Å². The summed E-state index contributed by atoms with van der Waals surface area (Å²) < 4.78 is 5.81. The second-order valence-electron chi connectivity index (χ2n) is 6.94. The summed E-state index contributed by atoms with van der Waals surface area (Å²) >= 11 is 13.6. The number of hydrogen-bond donors (Lipinski definition) is 1. The van der Waals surface area contributed by atoms with Gasteiger partial charge in [-0.3, -0.25) is 10.2 Å². The summed E-state index contributed by atoms with van der Waals surface area (Å²) in [6.45, 7) is 4.18. The Morgan fingerprint density at radius 2 is 2.07 bits per heavy atom. The first-order valence-corrected chi connectivity index (χ1v) is 10.4. The minimum atomic E-state index is -0.492. The maximum atomic E-state index is 12.5. The van der Waals surface area contributed by atoms with Crippen molar-refractivity contribution in [1.82, 2.24) is 5.01 Å². The Balaban J connectivity index is 1.63. The van der Waals surface area contributed by atoms with Crippen LogP contribution in [0.4, 0.5) is 0 Å². The summed E-state index contributed by atoms with van der Waals surface area (Å²) in [5, 5.41) is 16.5. The third-order valence-electron chi connectivity index (χ3n) is 4.19. The predicted octanol–water partition coefficient (Wildman–Crippen LogP) is 5.92. The van der Waals surface area contributed by atoms with Gasteiger partial charge in [-0.15, -0.1) is 0 Å². The number of carbonyl (C=O) groups excluding carboxylic acids is 1. The van der Waals surface area contributed by atoms with Gasteiger partial charge in [-0.25, -0.2) is 0 Å². The van der Waals surface area contributed by atoms with Crippen LogP contribution in [-0.4, -0.2) is 27.0 Å². The number of halogens is 2. The van der Waals surface area contributed by atoms with Crippen molar-refractivity contribution in [1.29, 1.82) is 5.41 Å². The minimum absolute atomic E-state index is 0.0232. The number of nitrogens with one attached hydrogen (secondary N) is 1. The number of furan rings is 1. The molecule has 2 aliphatic rings. The molecule has 2 aliphatic heterocycles. The number of rotatable bonds is 4. The SMILES string of the molecule is CC(C)CC1=NN2C(=N)/C(=C\c3ccc(-c4cc(Cl)ccc4Cl)o3)C(=O)N=C2S1. The fraction of sp³-hybridized carbons (Fsp3) is 0.200. The molecule has 0 bridgehead atoms. The van der Waals surface area contributed by atoms with Gasteiger partial charge in [0.25, 0.3) is 5.91 Å². The molecule has 0 atom stereocenters. The summed E-state index contributed by atoms with van der Waals surface area (Å²) in [5.74, 6) is 0.819. The van der Waals surface area contributed by atoms with Crippen molar-refractivity contribution in [2.24, 2.45) is 16.0 Å². The number of hydrogen-bond acceptors (Lipinski definition) is 5. The van der Waals surface area contributed by atoms with E-state index in [0.29, 0.717) is 38.2 Å². The Labute approximate surface area is 181 Å². The highest BCUT2D eigenvalue weighted by Gasteiger charge is 2.35. The molecule has 148 valence electrons. The molecule has 0 spiro atoms. The average molecular weight is 447 g/mol. The molecule has 9 heteroatoms. The highest BCUT2D eigenvalue weighted by molar-refractivity contribution is 8.26. The van der Waals surface area contributed by atoms with Crippen LogP contribution in [0.3, 0.4) is 0 Å². The zero-order valence-corrected chi connectivity index (χ0v) is 17.9. The standard InChI is InChI=1S/C20H16Cl2N4O2S/c1-10(2)7-17-25-26-18(23)14(19(27)24-20(26)29-17)9-12-4-6-16(28-12)13-8-11(21)3-5-15(13)22/h3-6,8-10,23H,7H2,1-2H3/b14-9+,23-18?. The number of benzene rings is 1. The number of hydrazone groups is 1. The third-order valence-corrected chi connectivity index (χ3v) is 5.68. The monoisotopic (exact) mass is 446 g/mol. The van der Waals surface area contributed by atoms with E-state index < -0.39 is 5.91 Å². The number of fused-ring (bicyclic) bond motifs is 1. The van der Waals surface area contributed by atoms with Crippen molar-refractivity contribution < 1.29 is 9.21 Å². The lowest BCUT2D eigenvalue weighted by Crippen LogP contribution is -2.35. The van der Waals surface area contributed by atoms with E-state index in [1.54, 1.807) is 30.3 Å². The second kappa shape index (κ2) is 7.82. The van der Waals surface area contributed by atoms with Crippen LogP contribution in [0.25, 0.3) is 17.4 Å². The van der Waals surface area contributed by atoms with Crippen molar-refractivity contribution in [3.8, 4) is 11.3 Å². The lowest BCUT2D eigenvalue weighted by atomic mass is 10.1. The number of thioether (sulfide) groups is 1. The van der Waals surface area contributed by atoms with E-state index in [1.165, 1.54) is 22.8 Å². The molecule has 2 aromatic rings. The van der Waals surface area contributed by atoms with Crippen LogP contribution in [0.5, 0.6) is 0 Å². The lowest BCUT2D eigenvalue weighted by molar-refractivity contribution is -0.114. The van der Waals surface area contributed by atoms with Crippen LogP contribution in [0, 0.1) is 11.3 Å². The summed E-state index contributed by atoms with van der Waals surface area (Å²) in [4.78, 5) is 16.6. The normalized spacial score (nSPS) is 17.8. The average Bonchev–Trinajstić information content (AvgIpc) is 3.27. The maximum Gasteiger partial charge on any atom is 0.283 e. The maximum absolute atomic E-state index is 12.5. The molecule has 1 aromatic heterocycles. The molecule has 4 rings (SSSR count). The van der Waals surface area contributed by atoms with Gasteiger partial charge < -0.3 is 4.42 Å². The smallest absolute Gasteiger partial charge is 0.283 e. The van der Waals surface area contributed by atoms with Gasteiger partial charge in [0.2, 0.25) is 5.17 Å². The van der Waals surface area contributed by atoms with Crippen LogP contribution in [-0.2, 0) is 4.79 Å². The molecule has 3 heterocycles. The number of amidine groups is 2. The highest BCUT2D eigenvalue weighted by atomic mass is 35.5. The van der Waals surface area contributed by atoms with E-state index in [1.807, 2.05) is 0 Å². The van der Waals surface area contributed by atoms with Gasteiger partial charge in [0.1, 0.15) is 16.6 Å². The molecule has 0 radical (unpaired) electrons. The van der Waals surface area contributed by atoms with E-state index in [4.69, 9.17) is 33.0 Å². The molecule has 29 heavy (non-hydrogen) atoms. The zero-order chi connectivity index (χ0) is 20.7. The molecular weight excluding hydrogens is 431 g/mol. The molecule has 0 fully saturated rings. The first-order chi connectivity index (χ1) is 13.8. The van der Waals surface area contributed by atoms with Crippen molar-refractivity contribution in [3.63, 3.8) is 0 Å². The van der Waals surface area contributed by atoms with Crippen LogP contribution >= 0.6 is 35.0 Å². The Morgan fingerprint density at radius 3 is 2.83 bits per heavy atom. The molecular formula is C20H16Cl2N4O2S. The second-order valence-corrected chi connectivity index (χ2v) is 8.82. The van der Waals surface area contributed by atoms with Crippen molar-refractivity contribution in [3.05, 3.63) is 51.7 Å². The van der Waals surface area contributed by atoms with Crippen LogP contribution < -0.4 is 0 Å². The Kier molecular flexibility index (Phi) is 5.38. The summed E-state index contributed by atoms with van der Waals surface area (Å²) in [6.07, 6.45) is 2.26. The fourth-order valence-corrected chi connectivity index (χ4v) is 4.35. The number of carbonyl (C=O) groups is 1. The van der Waals surface area contributed by atoms with Gasteiger partial charge in [0, 0.05) is 17.0 Å². The van der Waals surface area contributed by atoms with Crippen molar-refractivity contribution >= 4 is 63.0 Å². The molecule has 1 N–H and O–H groups in total. The van der Waals surface area contributed by atoms with Crippen molar-refractivity contribution in [2.75, 3.05) is 0 Å². The number of amides is 1. The van der Waals surface area contributed by atoms with Gasteiger partial charge in [-0.05, 0) is 54.1 Å². The minimum Gasteiger partial charge on any atom is -0.457 e. The molecule has 0 saturated carbocycles. The molecule has 1 aromatic carbocycles. The first-order valence-electron chi connectivity index (χ1n) is 8.86. The van der Waals surface area contributed by atoms with Gasteiger partial charge in [0.05, 0.1) is 10.6 Å². The Hall–Kier alpha value is -2.35. The third kappa shape index (κ3) is 4.03. The predicted molar refractivity (Wildman–Crippen MR) is 119 cm³/mol. The fourth-order valence-electron chi connectivity index (χ4n) is 2.87. The first kappa shape index (κ1) is 19.9. The number of nitrogens with zero attached hydrogens (tertiary/aromatic N) is 3. The largest absolute Gasteiger partial charge is 0.457 e. The quantitative estimate of drug-likeness (QED) is 0.590. The summed E-state index contributed by atoms with van der Waals surface area (Å²) in [7, 11) is 0.